The molecule has 1 aromatic rings. The van der Waals surface area contributed by atoms with Gasteiger partial charge >= 0.3 is 105 Å². The number of anilines is 1. The number of nitrogens with zero attached hydrogens (tertiary/aromatic N) is 1. The van der Waals surface area contributed by atoms with Gasteiger partial charge in [0.05, 0.1) is 0 Å². The molecular weight excluding hydrogens is 374 g/mol. The van der Waals surface area contributed by atoms with E-state index in [1.165, 1.54) is 23.3 Å². The van der Waals surface area contributed by atoms with Gasteiger partial charge in [0.1, 0.15) is 0 Å². The number of allylic oxidation sites excluding steroid dienone is 3. The number of hydrogen-bond donors (Lipinski definition) is 0. The molecule has 1 aromatic carbocycles. The van der Waals surface area contributed by atoms with Crippen LogP contribution in [0.5, 0.6) is 0 Å². The third-order valence-electron chi connectivity index (χ3n) is 2.17. The standard InChI is InChI=1S/C12H13NO2.W/c1-5-6-7-8(2)9-10(13(3)4)12(15)11(9)14;/h6-7H,2H2,1,3-4H3;/b7-6-;. The Morgan fingerprint density at radius 3 is 2.25 bits per heavy atom. The molecule has 84 valence electrons. The molecule has 0 atom stereocenters. The normalized spacial score (nSPS) is 10.9. The van der Waals surface area contributed by atoms with Gasteiger partial charge in [-0.2, -0.15) is 0 Å². The fourth-order valence-electron chi connectivity index (χ4n) is 1.41. The van der Waals surface area contributed by atoms with Crippen molar-refractivity contribution in [3.05, 3.63) is 44.7 Å². The summed E-state index contributed by atoms with van der Waals surface area (Å²) in [4.78, 5) is 24.4. The molecule has 0 amide bonds. The Hall–Kier alpha value is -1.08. The Morgan fingerprint density at radius 2 is 1.81 bits per heavy atom. The summed E-state index contributed by atoms with van der Waals surface area (Å²) in [6.45, 7) is 5.81. The molecule has 0 fully saturated rings. The molecule has 0 radical (unpaired) electrons. The average molecular weight is 387 g/mol. The molecule has 3 nitrogen and oxygen atoms in total. The SMILES string of the molecule is C=C(/C=C\[C](C)=[W])c1c(N(C)C)c(=O)c1=O. The average Bonchev–Trinajstić information content (AvgIpc) is 2.20. The van der Waals surface area contributed by atoms with Gasteiger partial charge in [0.25, 0.3) is 0 Å². The van der Waals surface area contributed by atoms with Crippen LogP contribution in [0, 0.1) is 0 Å². The Balaban J connectivity index is 3.12. The van der Waals surface area contributed by atoms with E-state index in [1.54, 1.807) is 25.1 Å². The summed E-state index contributed by atoms with van der Waals surface area (Å²) in [5, 5.41) is 0. The maximum absolute atomic E-state index is 11.4. The van der Waals surface area contributed by atoms with Crippen molar-refractivity contribution in [2.24, 2.45) is 0 Å². The van der Waals surface area contributed by atoms with Crippen LogP contribution in [-0.2, 0) is 19.4 Å². The second-order valence-electron chi connectivity index (χ2n) is 3.75. The van der Waals surface area contributed by atoms with E-state index in [0.29, 0.717) is 16.8 Å². The van der Waals surface area contributed by atoms with Crippen molar-refractivity contribution in [3.63, 3.8) is 0 Å². The quantitative estimate of drug-likeness (QED) is 0.563. The molecule has 4 heteroatoms. The van der Waals surface area contributed by atoms with Crippen molar-refractivity contribution in [2.75, 3.05) is 19.0 Å². The molecule has 0 spiro atoms. The van der Waals surface area contributed by atoms with E-state index < -0.39 is 10.9 Å². The topological polar surface area (TPSA) is 37.4 Å². The number of rotatable bonds is 4. The van der Waals surface area contributed by atoms with E-state index in [-0.39, 0.29) is 0 Å². The first-order valence-electron chi connectivity index (χ1n) is 4.74. The molecule has 0 saturated heterocycles. The van der Waals surface area contributed by atoms with Gasteiger partial charge in [0, 0.05) is 0 Å². The van der Waals surface area contributed by atoms with E-state index in [1.807, 2.05) is 13.0 Å². The van der Waals surface area contributed by atoms with Crippen LogP contribution in [0.1, 0.15) is 12.5 Å². The van der Waals surface area contributed by atoms with Crippen LogP contribution in [0.2, 0.25) is 0 Å². The Kier molecular flexibility index (Phi) is 3.92. The minimum absolute atomic E-state index is 0.419. The predicted molar refractivity (Wildman–Crippen MR) is 64.5 cm³/mol. The Bertz CT molecular complexity index is 546. The fourth-order valence-corrected chi connectivity index (χ4v) is 1.65. The zero-order valence-corrected chi connectivity index (χ0v) is 12.5. The van der Waals surface area contributed by atoms with Crippen molar-refractivity contribution in [3.8, 4) is 0 Å². The molecule has 0 aromatic heterocycles. The van der Waals surface area contributed by atoms with Gasteiger partial charge in [0.2, 0.25) is 0 Å². The second kappa shape index (κ2) is 4.83. The predicted octanol–water partition coefficient (Wildman–Crippen LogP) is 0.657. The summed E-state index contributed by atoms with van der Waals surface area (Å²) in [5.74, 6) is 0. The van der Waals surface area contributed by atoms with Crippen molar-refractivity contribution >= 4 is 15.2 Å². The van der Waals surface area contributed by atoms with E-state index >= 15 is 0 Å². The zero-order chi connectivity index (χ0) is 12.5. The summed E-state index contributed by atoms with van der Waals surface area (Å²) in [6, 6.07) is 0. The minimum atomic E-state index is -0.431. The van der Waals surface area contributed by atoms with E-state index in [2.05, 4.69) is 6.58 Å². The van der Waals surface area contributed by atoms with Crippen molar-refractivity contribution in [1.29, 1.82) is 0 Å². The van der Waals surface area contributed by atoms with E-state index in [4.69, 9.17) is 0 Å². The van der Waals surface area contributed by atoms with Crippen molar-refractivity contribution in [1.82, 2.24) is 0 Å². The number of hydrogen-bond acceptors (Lipinski definition) is 3. The summed E-state index contributed by atoms with van der Waals surface area (Å²) in [5.41, 5.74) is 0.661. The fraction of sp³-hybridized carbons (Fsp3) is 0.250. The van der Waals surface area contributed by atoms with E-state index in [0.717, 1.165) is 0 Å². The summed E-state index contributed by atoms with van der Waals surface area (Å²) < 4.78 is 1.20. The molecule has 0 aliphatic carbocycles. The van der Waals surface area contributed by atoms with Crippen LogP contribution in [-0.4, -0.2) is 18.0 Å². The van der Waals surface area contributed by atoms with Gasteiger partial charge in [0.15, 0.2) is 0 Å². The Morgan fingerprint density at radius 1 is 1.25 bits per heavy atom. The molecule has 0 saturated carbocycles. The monoisotopic (exact) mass is 387 g/mol. The summed E-state index contributed by atoms with van der Waals surface area (Å²) >= 11 is 1.37. The molecule has 0 aliphatic heterocycles. The molecule has 1 rings (SSSR count). The second-order valence-corrected chi connectivity index (χ2v) is 6.06. The molecule has 0 N–H and O–H groups in total. The summed E-state index contributed by atoms with van der Waals surface area (Å²) in [6.07, 6.45) is 3.69. The van der Waals surface area contributed by atoms with Crippen LogP contribution < -0.4 is 15.8 Å². The molecular formula is C12H13NO2W. The maximum atomic E-state index is 11.4. The molecule has 0 bridgehead atoms. The first-order valence-corrected chi connectivity index (χ1v) is 6.21. The first-order chi connectivity index (χ1) is 7.36. The van der Waals surface area contributed by atoms with Gasteiger partial charge in [-0.1, -0.05) is 0 Å². The zero-order valence-electron chi connectivity index (χ0n) is 9.53. The van der Waals surface area contributed by atoms with Crippen LogP contribution in [0.15, 0.2) is 28.3 Å². The molecule has 0 aliphatic rings. The van der Waals surface area contributed by atoms with Gasteiger partial charge in [-0.25, -0.2) is 0 Å². The summed E-state index contributed by atoms with van der Waals surface area (Å²) in [7, 11) is 3.50. The van der Waals surface area contributed by atoms with Crippen molar-refractivity contribution < 1.29 is 19.4 Å². The Labute approximate surface area is 105 Å². The van der Waals surface area contributed by atoms with Crippen LogP contribution in [0.3, 0.4) is 0 Å². The van der Waals surface area contributed by atoms with Gasteiger partial charge in [-0.05, 0) is 0 Å². The van der Waals surface area contributed by atoms with Crippen LogP contribution >= 0.6 is 0 Å². The van der Waals surface area contributed by atoms with Crippen molar-refractivity contribution in [2.45, 2.75) is 6.92 Å². The van der Waals surface area contributed by atoms with Gasteiger partial charge in [-0.3, -0.25) is 0 Å². The van der Waals surface area contributed by atoms with Gasteiger partial charge in [-0.15, -0.1) is 0 Å². The molecule has 0 unspecified atom stereocenters. The van der Waals surface area contributed by atoms with Gasteiger partial charge < -0.3 is 0 Å². The van der Waals surface area contributed by atoms with Crippen LogP contribution in [0.25, 0.3) is 5.57 Å². The van der Waals surface area contributed by atoms with Crippen LogP contribution in [0.4, 0.5) is 5.69 Å². The third-order valence-corrected chi connectivity index (χ3v) is 2.66. The third kappa shape index (κ3) is 2.35. The molecule has 16 heavy (non-hydrogen) atoms. The molecule has 0 heterocycles. The first kappa shape index (κ1) is 13.0. The van der Waals surface area contributed by atoms with E-state index in [9.17, 15) is 9.59 Å².